The molecule has 35 heavy (non-hydrogen) atoms. The van der Waals surface area contributed by atoms with Crippen molar-refractivity contribution < 1.29 is 9.53 Å². The lowest BCUT2D eigenvalue weighted by atomic mass is 9.93. The largest absolute Gasteiger partial charge is 0.379 e. The molecule has 0 aromatic carbocycles. The number of rotatable bonds is 6. The quantitative estimate of drug-likeness (QED) is 0.611. The summed E-state index contributed by atoms with van der Waals surface area (Å²) in [5.41, 5.74) is 1.57. The molecule has 0 atom stereocenters. The summed E-state index contributed by atoms with van der Waals surface area (Å²) in [6, 6.07) is 8.82. The smallest absolute Gasteiger partial charge is 0.273 e. The molecule has 1 N–H and O–H groups in total. The topological polar surface area (TPSA) is 97.6 Å². The van der Waals surface area contributed by atoms with Crippen LogP contribution < -0.4 is 5.32 Å². The zero-order valence-electron chi connectivity index (χ0n) is 20.1. The monoisotopic (exact) mass is 495 g/mol. The van der Waals surface area contributed by atoms with Gasteiger partial charge in [0.1, 0.15) is 11.5 Å². The predicted molar refractivity (Wildman–Crippen MR) is 135 cm³/mol. The van der Waals surface area contributed by atoms with Crippen LogP contribution in [0.4, 0.5) is 10.9 Å². The van der Waals surface area contributed by atoms with Crippen LogP contribution in [0.15, 0.2) is 23.6 Å². The van der Waals surface area contributed by atoms with Gasteiger partial charge >= 0.3 is 0 Å². The summed E-state index contributed by atoms with van der Waals surface area (Å²) in [4.78, 5) is 29.1. The Kier molecular flexibility index (Phi) is 7.88. The first kappa shape index (κ1) is 24.1. The number of hydrogen-bond donors (Lipinski definition) is 1. The van der Waals surface area contributed by atoms with E-state index >= 15 is 0 Å². The van der Waals surface area contributed by atoms with Crippen LogP contribution >= 0.6 is 11.3 Å². The number of carbonyl (C=O) groups is 1. The molecule has 0 radical (unpaired) electrons. The van der Waals surface area contributed by atoms with E-state index in [2.05, 4.69) is 32.2 Å². The first-order valence-electron chi connectivity index (χ1n) is 12.6. The van der Waals surface area contributed by atoms with E-state index < -0.39 is 0 Å². The summed E-state index contributed by atoms with van der Waals surface area (Å²) < 4.78 is 5.47. The Morgan fingerprint density at radius 3 is 2.60 bits per heavy atom. The molecule has 5 heterocycles. The minimum atomic E-state index is 0.0144. The van der Waals surface area contributed by atoms with Gasteiger partial charge in [-0.25, -0.2) is 9.97 Å². The van der Waals surface area contributed by atoms with E-state index in [1.54, 1.807) is 0 Å². The molecule has 3 aliphatic rings. The van der Waals surface area contributed by atoms with Gasteiger partial charge in [0.2, 0.25) is 0 Å². The Hall–Kier alpha value is -2.58. The maximum Gasteiger partial charge on any atom is 0.273 e. The van der Waals surface area contributed by atoms with Crippen LogP contribution in [0.25, 0.3) is 0 Å². The molecular weight excluding hydrogens is 462 g/mol. The van der Waals surface area contributed by atoms with Gasteiger partial charge in [-0.15, -0.1) is 11.3 Å². The lowest BCUT2D eigenvalue weighted by molar-refractivity contribution is 0.00154. The van der Waals surface area contributed by atoms with E-state index in [1.807, 2.05) is 22.4 Å². The fraction of sp³-hybridized carbons (Fsp3) is 0.600. The SMILES string of the molecule is N#CCN1CCC(c2cccc(Nc3nc(C(=O)N4CCC(N5CCOCC5)CC4)cs3)n2)CC1. The van der Waals surface area contributed by atoms with Crippen LogP contribution in [-0.4, -0.2) is 95.6 Å². The molecule has 186 valence electrons. The highest BCUT2D eigenvalue weighted by Gasteiger charge is 2.29. The third kappa shape index (κ3) is 5.98. The van der Waals surface area contributed by atoms with E-state index in [0.29, 0.717) is 29.3 Å². The van der Waals surface area contributed by atoms with Crippen LogP contribution in [0, 0.1) is 11.3 Å². The zero-order chi connectivity index (χ0) is 24.0. The van der Waals surface area contributed by atoms with Crippen LogP contribution in [0.1, 0.15) is 47.8 Å². The highest BCUT2D eigenvalue weighted by molar-refractivity contribution is 7.14. The average Bonchev–Trinajstić information content (AvgIpc) is 3.38. The number of aromatic nitrogens is 2. The summed E-state index contributed by atoms with van der Waals surface area (Å²) in [6.07, 6.45) is 4.03. The summed E-state index contributed by atoms with van der Waals surface area (Å²) in [5, 5.41) is 14.7. The van der Waals surface area contributed by atoms with E-state index in [9.17, 15) is 4.79 Å². The summed E-state index contributed by atoms with van der Waals surface area (Å²) in [7, 11) is 0. The van der Waals surface area contributed by atoms with Crippen molar-refractivity contribution in [3.05, 3.63) is 35.0 Å². The van der Waals surface area contributed by atoms with Crippen molar-refractivity contribution in [3.63, 3.8) is 0 Å². The summed E-state index contributed by atoms with van der Waals surface area (Å²) in [5.74, 6) is 1.17. The van der Waals surface area contributed by atoms with E-state index in [-0.39, 0.29) is 5.91 Å². The fourth-order valence-corrected chi connectivity index (χ4v) is 6.00. The lowest BCUT2D eigenvalue weighted by Gasteiger charge is -2.39. The van der Waals surface area contributed by atoms with Crippen LogP contribution in [-0.2, 0) is 4.74 Å². The third-order valence-electron chi connectivity index (χ3n) is 7.34. The van der Waals surface area contributed by atoms with Gasteiger partial charge in [0.15, 0.2) is 5.13 Å². The molecular formula is C25H33N7O2S. The normalized spacial score (nSPS) is 21.1. The van der Waals surface area contributed by atoms with Crippen molar-refractivity contribution >= 4 is 28.2 Å². The number of thiazole rings is 1. The average molecular weight is 496 g/mol. The summed E-state index contributed by atoms with van der Waals surface area (Å²) in [6.45, 7) is 7.53. The fourth-order valence-electron chi connectivity index (χ4n) is 5.31. The second-order valence-corrected chi connectivity index (χ2v) is 10.3. The number of piperidine rings is 2. The van der Waals surface area contributed by atoms with Crippen LogP contribution in [0.3, 0.4) is 0 Å². The Labute approximate surface area is 210 Å². The van der Waals surface area contributed by atoms with Gasteiger partial charge in [0.05, 0.1) is 25.8 Å². The van der Waals surface area contributed by atoms with Gasteiger partial charge in [0.25, 0.3) is 5.91 Å². The lowest BCUT2D eigenvalue weighted by Crippen LogP contribution is -2.50. The molecule has 10 heteroatoms. The molecule has 0 saturated carbocycles. The molecule has 0 spiro atoms. The Morgan fingerprint density at radius 1 is 1.09 bits per heavy atom. The Balaban J connectivity index is 1.14. The number of morpholine rings is 1. The Bertz CT molecular complexity index is 1030. The maximum absolute atomic E-state index is 13.1. The molecule has 0 aliphatic carbocycles. The number of nitriles is 1. The molecule has 3 aliphatic heterocycles. The van der Waals surface area contributed by atoms with E-state index in [1.165, 1.54) is 11.3 Å². The molecule has 3 fully saturated rings. The first-order valence-corrected chi connectivity index (χ1v) is 13.5. The third-order valence-corrected chi connectivity index (χ3v) is 8.10. The minimum absolute atomic E-state index is 0.0144. The maximum atomic E-state index is 13.1. The van der Waals surface area contributed by atoms with Gasteiger partial charge in [-0.1, -0.05) is 6.07 Å². The van der Waals surface area contributed by atoms with Gasteiger partial charge < -0.3 is 15.0 Å². The number of nitrogens with one attached hydrogen (secondary N) is 1. The molecule has 2 aromatic heterocycles. The highest BCUT2D eigenvalue weighted by Crippen LogP contribution is 2.29. The van der Waals surface area contributed by atoms with Crippen molar-refractivity contribution in [2.24, 2.45) is 0 Å². The Morgan fingerprint density at radius 2 is 1.86 bits per heavy atom. The number of ether oxygens (including phenoxy) is 1. The number of pyridine rings is 1. The van der Waals surface area contributed by atoms with E-state index in [0.717, 1.165) is 89.7 Å². The standard InChI is InChI=1S/C25H33N7O2S/c26-8-13-30-9-4-19(5-10-30)21-2-1-3-23(27-21)29-25-28-22(18-35-25)24(33)32-11-6-20(7-12-32)31-14-16-34-17-15-31/h1-3,18-20H,4-7,9-17H2,(H,27,28,29). The van der Waals surface area contributed by atoms with Crippen molar-refractivity contribution in [3.8, 4) is 6.07 Å². The molecule has 9 nitrogen and oxygen atoms in total. The predicted octanol–water partition coefficient (Wildman–Crippen LogP) is 2.92. The second kappa shape index (κ2) is 11.4. The van der Waals surface area contributed by atoms with Crippen molar-refractivity contribution in [2.75, 3.05) is 64.3 Å². The molecule has 5 rings (SSSR count). The van der Waals surface area contributed by atoms with Gasteiger partial charge in [0, 0.05) is 49.2 Å². The van der Waals surface area contributed by atoms with Gasteiger partial charge in [-0.05, 0) is 50.9 Å². The molecule has 3 saturated heterocycles. The van der Waals surface area contributed by atoms with Gasteiger partial charge in [-0.2, -0.15) is 5.26 Å². The van der Waals surface area contributed by atoms with Crippen molar-refractivity contribution in [2.45, 2.75) is 37.6 Å². The van der Waals surface area contributed by atoms with Gasteiger partial charge in [-0.3, -0.25) is 14.6 Å². The second-order valence-electron chi connectivity index (χ2n) is 9.49. The first-order chi connectivity index (χ1) is 17.2. The molecule has 1 amide bonds. The zero-order valence-corrected chi connectivity index (χ0v) is 20.9. The summed E-state index contributed by atoms with van der Waals surface area (Å²) >= 11 is 1.44. The van der Waals surface area contributed by atoms with Crippen LogP contribution in [0.2, 0.25) is 0 Å². The number of hydrogen-bond acceptors (Lipinski definition) is 9. The van der Waals surface area contributed by atoms with E-state index in [4.69, 9.17) is 15.0 Å². The minimum Gasteiger partial charge on any atom is -0.379 e. The number of anilines is 2. The number of likely N-dealkylation sites (tertiary alicyclic amines) is 2. The molecule has 2 aromatic rings. The number of carbonyl (C=O) groups excluding carboxylic acids is 1. The van der Waals surface area contributed by atoms with Crippen LogP contribution in [0.5, 0.6) is 0 Å². The van der Waals surface area contributed by atoms with Crippen molar-refractivity contribution in [1.82, 2.24) is 24.7 Å². The number of amides is 1. The molecule has 0 bridgehead atoms. The van der Waals surface area contributed by atoms with Crippen molar-refractivity contribution in [1.29, 1.82) is 5.26 Å². The highest BCUT2D eigenvalue weighted by atomic mass is 32.1. The number of nitrogens with zero attached hydrogens (tertiary/aromatic N) is 6. The molecule has 0 unspecified atom stereocenters.